The second-order valence-corrected chi connectivity index (χ2v) is 7.39. The van der Waals surface area contributed by atoms with E-state index in [1.54, 1.807) is 6.07 Å². The molecule has 0 aliphatic heterocycles. The molecule has 20 heavy (non-hydrogen) atoms. The Kier molecular flexibility index (Phi) is 4.55. The topological polar surface area (TPSA) is 75.3 Å². The Morgan fingerprint density at radius 1 is 1.30 bits per heavy atom. The second kappa shape index (κ2) is 6.01. The van der Waals surface area contributed by atoms with Crippen molar-refractivity contribution in [3.05, 3.63) is 23.2 Å². The number of halogens is 1. The van der Waals surface area contributed by atoms with E-state index in [4.69, 9.17) is 11.6 Å². The lowest BCUT2D eigenvalue weighted by Gasteiger charge is -2.13. The first-order chi connectivity index (χ1) is 9.36. The molecule has 110 valence electrons. The number of carbonyl (C=O) groups excluding carboxylic acids is 1. The van der Waals surface area contributed by atoms with Gasteiger partial charge in [-0.15, -0.1) is 0 Å². The van der Waals surface area contributed by atoms with E-state index in [9.17, 15) is 13.2 Å². The van der Waals surface area contributed by atoms with Crippen molar-refractivity contribution < 1.29 is 13.2 Å². The average Bonchev–Trinajstić information content (AvgIpc) is 2.83. The van der Waals surface area contributed by atoms with Gasteiger partial charge in [0.15, 0.2) is 9.84 Å². The van der Waals surface area contributed by atoms with Crippen LogP contribution in [0.15, 0.2) is 23.1 Å². The van der Waals surface area contributed by atoms with Crippen molar-refractivity contribution >= 4 is 33.2 Å². The Morgan fingerprint density at radius 3 is 2.55 bits per heavy atom. The zero-order valence-electron chi connectivity index (χ0n) is 11.1. The molecule has 1 fully saturated rings. The highest BCUT2D eigenvalue weighted by Crippen LogP contribution is 2.25. The number of amides is 2. The first-order valence-electron chi connectivity index (χ1n) is 6.43. The fourth-order valence-electron chi connectivity index (χ4n) is 2.29. The number of rotatable bonds is 3. The molecule has 1 saturated carbocycles. The van der Waals surface area contributed by atoms with E-state index in [1.165, 1.54) is 12.1 Å². The number of benzene rings is 1. The number of hydrogen-bond acceptors (Lipinski definition) is 3. The van der Waals surface area contributed by atoms with Crippen LogP contribution in [0.3, 0.4) is 0 Å². The lowest BCUT2D eigenvalue weighted by molar-refractivity contribution is 0.248. The molecule has 2 N–H and O–H groups in total. The first-order valence-corrected chi connectivity index (χ1v) is 8.70. The fraction of sp³-hybridized carbons (Fsp3) is 0.462. The quantitative estimate of drug-likeness (QED) is 0.900. The van der Waals surface area contributed by atoms with Crippen molar-refractivity contribution in [2.45, 2.75) is 36.6 Å². The summed E-state index contributed by atoms with van der Waals surface area (Å²) in [5, 5.41) is 5.65. The van der Waals surface area contributed by atoms with E-state index in [2.05, 4.69) is 10.6 Å². The Labute approximate surface area is 123 Å². The molecular formula is C13H17ClN2O3S. The number of anilines is 1. The molecule has 0 radical (unpaired) electrons. The fourth-order valence-corrected chi connectivity index (χ4v) is 3.59. The molecule has 5 nitrogen and oxygen atoms in total. The summed E-state index contributed by atoms with van der Waals surface area (Å²) >= 11 is 5.85. The molecule has 2 rings (SSSR count). The molecular weight excluding hydrogens is 300 g/mol. The third-order valence-electron chi connectivity index (χ3n) is 3.28. The molecule has 0 unspecified atom stereocenters. The van der Waals surface area contributed by atoms with Crippen molar-refractivity contribution in [2.75, 3.05) is 11.6 Å². The van der Waals surface area contributed by atoms with Crippen molar-refractivity contribution in [3.8, 4) is 0 Å². The van der Waals surface area contributed by atoms with Crippen LogP contribution in [-0.2, 0) is 9.84 Å². The van der Waals surface area contributed by atoms with Crippen LogP contribution >= 0.6 is 11.6 Å². The molecule has 0 atom stereocenters. The SMILES string of the molecule is CS(=O)(=O)c1cc(NC(=O)NC2CCCC2)ccc1Cl. The maximum Gasteiger partial charge on any atom is 0.319 e. The van der Waals surface area contributed by atoms with Gasteiger partial charge in [-0.25, -0.2) is 13.2 Å². The van der Waals surface area contributed by atoms with Crippen LogP contribution in [0.5, 0.6) is 0 Å². The summed E-state index contributed by atoms with van der Waals surface area (Å²) in [5.74, 6) is 0. The van der Waals surface area contributed by atoms with Crippen molar-refractivity contribution in [2.24, 2.45) is 0 Å². The largest absolute Gasteiger partial charge is 0.335 e. The van der Waals surface area contributed by atoms with Crippen LogP contribution in [-0.4, -0.2) is 26.7 Å². The van der Waals surface area contributed by atoms with E-state index < -0.39 is 9.84 Å². The van der Waals surface area contributed by atoms with Crippen LogP contribution in [0.2, 0.25) is 5.02 Å². The molecule has 1 aliphatic carbocycles. The van der Waals surface area contributed by atoms with Crippen LogP contribution in [0, 0.1) is 0 Å². The zero-order valence-corrected chi connectivity index (χ0v) is 12.7. The van der Waals surface area contributed by atoms with Gasteiger partial charge < -0.3 is 10.6 Å². The smallest absolute Gasteiger partial charge is 0.319 e. The summed E-state index contributed by atoms with van der Waals surface area (Å²) in [5.41, 5.74) is 0.408. The Bertz CT molecular complexity index is 610. The molecule has 7 heteroatoms. The highest BCUT2D eigenvalue weighted by molar-refractivity contribution is 7.90. The number of nitrogens with one attached hydrogen (secondary N) is 2. The molecule has 1 aliphatic rings. The highest BCUT2D eigenvalue weighted by Gasteiger charge is 2.18. The molecule has 2 amide bonds. The zero-order chi connectivity index (χ0) is 14.8. The number of urea groups is 1. The predicted molar refractivity (Wildman–Crippen MR) is 79.0 cm³/mol. The number of carbonyl (C=O) groups is 1. The molecule has 0 heterocycles. The lowest BCUT2D eigenvalue weighted by Crippen LogP contribution is -2.36. The molecule has 1 aromatic carbocycles. The van der Waals surface area contributed by atoms with Crippen LogP contribution < -0.4 is 10.6 Å². The second-order valence-electron chi connectivity index (χ2n) is 5.00. The van der Waals surface area contributed by atoms with Crippen LogP contribution in [0.1, 0.15) is 25.7 Å². The van der Waals surface area contributed by atoms with E-state index in [0.717, 1.165) is 31.9 Å². The lowest BCUT2D eigenvalue weighted by atomic mass is 10.2. The third-order valence-corrected chi connectivity index (χ3v) is 4.86. The minimum absolute atomic E-state index is 0.0119. The molecule has 1 aromatic rings. The van der Waals surface area contributed by atoms with Crippen molar-refractivity contribution in [3.63, 3.8) is 0 Å². The van der Waals surface area contributed by atoms with Gasteiger partial charge in [0, 0.05) is 18.0 Å². The molecule has 0 bridgehead atoms. The maximum absolute atomic E-state index is 11.8. The van der Waals surface area contributed by atoms with E-state index >= 15 is 0 Å². The van der Waals surface area contributed by atoms with Gasteiger partial charge >= 0.3 is 6.03 Å². The van der Waals surface area contributed by atoms with Crippen molar-refractivity contribution in [1.82, 2.24) is 5.32 Å². The van der Waals surface area contributed by atoms with E-state index in [-0.39, 0.29) is 22.0 Å². The Morgan fingerprint density at radius 2 is 1.95 bits per heavy atom. The Hall–Kier alpha value is -1.27. The van der Waals surface area contributed by atoms with Gasteiger partial charge in [-0.3, -0.25) is 0 Å². The molecule has 0 saturated heterocycles. The summed E-state index contributed by atoms with van der Waals surface area (Å²) in [6, 6.07) is 4.29. The standard InChI is InChI=1S/C13H17ClN2O3S/c1-20(18,19)12-8-10(6-7-11(12)14)16-13(17)15-9-4-2-3-5-9/h6-9H,2-5H2,1H3,(H2,15,16,17). The Balaban J connectivity index is 2.07. The van der Waals surface area contributed by atoms with Crippen LogP contribution in [0.4, 0.5) is 10.5 Å². The normalized spacial score (nSPS) is 16.1. The van der Waals surface area contributed by atoms with Gasteiger partial charge in [0.25, 0.3) is 0 Å². The van der Waals surface area contributed by atoms with Gasteiger partial charge in [-0.1, -0.05) is 24.4 Å². The minimum atomic E-state index is -3.42. The summed E-state index contributed by atoms with van der Waals surface area (Å²) in [6.45, 7) is 0. The van der Waals surface area contributed by atoms with Gasteiger partial charge in [0.05, 0.1) is 9.92 Å². The van der Waals surface area contributed by atoms with Gasteiger partial charge in [0.2, 0.25) is 0 Å². The molecule has 0 spiro atoms. The maximum atomic E-state index is 11.8. The third kappa shape index (κ3) is 3.86. The first kappa shape index (κ1) is 15.1. The van der Waals surface area contributed by atoms with Gasteiger partial charge in [-0.2, -0.15) is 0 Å². The summed E-state index contributed by atoms with van der Waals surface area (Å²) in [6.07, 6.45) is 5.32. The summed E-state index contributed by atoms with van der Waals surface area (Å²) < 4.78 is 23.1. The van der Waals surface area contributed by atoms with E-state index in [0.29, 0.717) is 5.69 Å². The highest BCUT2D eigenvalue weighted by atomic mass is 35.5. The number of hydrogen-bond donors (Lipinski definition) is 2. The van der Waals surface area contributed by atoms with Crippen molar-refractivity contribution in [1.29, 1.82) is 0 Å². The molecule has 0 aromatic heterocycles. The monoisotopic (exact) mass is 316 g/mol. The predicted octanol–water partition coefficient (Wildman–Crippen LogP) is 2.81. The van der Waals surface area contributed by atoms with Crippen LogP contribution in [0.25, 0.3) is 0 Å². The average molecular weight is 317 g/mol. The summed E-state index contributed by atoms with van der Waals surface area (Å²) in [7, 11) is -3.42. The van der Waals surface area contributed by atoms with Gasteiger partial charge in [0.1, 0.15) is 0 Å². The summed E-state index contributed by atoms with van der Waals surface area (Å²) in [4.78, 5) is 11.8. The van der Waals surface area contributed by atoms with Gasteiger partial charge in [-0.05, 0) is 31.0 Å². The minimum Gasteiger partial charge on any atom is -0.335 e. The number of sulfone groups is 1. The van der Waals surface area contributed by atoms with E-state index in [1.807, 2.05) is 0 Å².